The second-order valence-corrected chi connectivity index (χ2v) is 4.30. The molecule has 0 saturated carbocycles. The first kappa shape index (κ1) is 12.8. The van der Waals surface area contributed by atoms with Gasteiger partial charge in [0.05, 0.1) is 18.3 Å². The van der Waals surface area contributed by atoms with Crippen LogP contribution in [0.15, 0.2) is 23.1 Å². The van der Waals surface area contributed by atoms with Crippen molar-refractivity contribution >= 4 is 23.4 Å². The summed E-state index contributed by atoms with van der Waals surface area (Å²) >= 11 is 1.26. The smallest absolute Gasteiger partial charge is 0.337 e. The first-order chi connectivity index (χ1) is 7.54. The molecular formula is C10H13NO4S. The van der Waals surface area contributed by atoms with Crippen LogP contribution in [0.2, 0.25) is 0 Å². The third-order valence-corrected chi connectivity index (χ3v) is 3.05. The first-order valence-corrected chi connectivity index (χ1v) is 5.57. The van der Waals surface area contributed by atoms with Crippen molar-refractivity contribution in [3.05, 3.63) is 23.8 Å². The Morgan fingerprint density at radius 1 is 1.50 bits per heavy atom. The normalized spacial score (nSPS) is 12.4. The van der Waals surface area contributed by atoms with E-state index in [9.17, 15) is 4.79 Å². The molecule has 1 atom stereocenters. The van der Waals surface area contributed by atoms with Crippen LogP contribution in [0, 0.1) is 0 Å². The van der Waals surface area contributed by atoms with Gasteiger partial charge in [0.2, 0.25) is 0 Å². The summed E-state index contributed by atoms with van der Waals surface area (Å²) < 4.78 is 0. The average Bonchev–Trinajstić information content (AvgIpc) is 2.27. The fraction of sp³-hybridized carbons (Fsp3) is 0.300. The Bertz CT molecular complexity index is 383. The molecule has 0 aromatic heterocycles. The molecule has 0 fully saturated rings. The Morgan fingerprint density at radius 2 is 2.19 bits per heavy atom. The number of benzene rings is 1. The maximum atomic E-state index is 10.8. The van der Waals surface area contributed by atoms with Crippen molar-refractivity contribution in [2.24, 2.45) is 0 Å². The third kappa shape index (κ3) is 3.41. The van der Waals surface area contributed by atoms with Gasteiger partial charge in [-0.3, -0.25) is 0 Å². The van der Waals surface area contributed by atoms with Gasteiger partial charge < -0.3 is 21.1 Å². The van der Waals surface area contributed by atoms with E-state index in [2.05, 4.69) is 0 Å². The van der Waals surface area contributed by atoms with Crippen molar-refractivity contribution in [3.63, 3.8) is 0 Å². The molecule has 0 aliphatic rings. The van der Waals surface area contributed by atoms with Crippen molar-refractivity contribution in [2.45, 2.75) is 11.0 Å². The maximum absolute atomic E-state index is 10.8. The standard InChI is InChI=1S/C10H13NO4S/c11-9-2-1-7(3-8(9)10(14)15)16-5-6(13)4-12/h1-3,6,12-13H,4-5,11H2,(H,14,15). The number of carboxylic acids is 1. The van der Waals surface area contributed by atoms with Gasteiger partial charge in [-0.1, -0.05) is 0 Å². The minimum Gasteiger partial charge on any atom is -0.478 e. The maximum Gasteiger partial charge on any atom is 0.337 e. The second-order valence-electron chi connectivity index (χ2n) is 3.20. The van der Waals surface area contributed by atoms with Crippen LogP contribution < -0.4 is 5.73 Å². The molecule has 0 spiro atoms. The van der Waals surface area contributed by atoms with Gasteiger partial charge in [0.25, 0.3) is 0 Å². The van der Waals surface area contributed by atoms with E-state index in [1.807, 2.05) is 0 Å². The molecule has 0 saturated heterocycles. The number of nitrogen functional groups attached to an aromatic ring is 1. The van der Waals surface area contributed by atoms with Gasteiger partial charge in [0, 0.05) is 16.3 Å². The summed E-state index contributed by atoms with van der Waals surface area (Å²) in [5.41, 5.74) is 5.75. The van der Waals surface area contributed by atoms with Gasteiger partial charge >= 0.3 is 5.97 Å². The number of carboxylic acid groups (broad SMARTS) is 1. The van der Waals surface area contributed by atoms with E-state index in [0.717, 1.165) is 0 Å². The van der Waals surface area contributed by atoms with Crippen LogP contribution >= 0.6 is 11.8 Å². The van der Waals surface area contributed by atoms with E-state index in [1.54, 1.807) is 6.07 Å². The average molecular weight is 243 g/mol. The summed E-state index contributed by atoms with van der Waals surface area (Å²) in [6.07, 6.45) is -0.809. The third-order valence-electron chi connectivity index (χ3n) is 1.91. The van der Waals surface area contributed by atoms with E-state index in [0.29, 0.717) is 10.6 Å². The number of thioether (sulfide) groups is 1. The van der Waals surface area contributed by atoms with Crippen molar-refractivity contribution in [1.29, 1.82) is 0 Å². The zero-order valence-electron chi connectivity index (χ0n) is 8.46. The number of anilines is 1. The predicted molar refractivity (Wildman–Crippen MR) is 61.6 cm³/mol. The van der Waals surface area contributed by atoms with Crippen molar-refractivity contribution in [2.75, 3.05) is 18.1 Å². The molecule has 1 rings (SSSR count). The zero-order chi connectivity index (χ0) is 12.1. The van der Waals surface area contributed by atoms with Gasteiger partial charge in [0.15, 0.2) is 0 Å². The molecule has 1 aromatic carbocycles. The largest absolute Gasteiger partial charge is 0.478 e. The van der Waals surface area contributed by atoms with E-state index < -0.39 is 12.1 Å². The van der Waals surface area contributed by atoms with Crippen LogP contribution in [0.4, 0.5) is 5.69 Å². The van der Waals surface area contributed by atoms with Crippen LogP contribution in [0.1, 0.15) is 10.4 Å². The quantitative estimate of drug-likeness (QED) is 0.441. The number of rotatable bonds is 5. The molecule has 88 valence electrons. The molecule has 6 heteroatoms. The molecule has 5 nitrogen and oxygen atoms in total. The van der Waals surface area contributed by atoms with E-state index in [1.165, 1.54) is 23.9 Å². The number of aliphatic hydroxyl groups excluding tert-OH is 2. The fourth-order valence-corrected chi connectivity index (χ4v) is 1.91. The predicted octanol–water partition coefficient (Wildman–Crippen LogP) is 0.412. The lowest BCUT2D eigenvalue weighted by Crippen LogP contribution is -2.14. The number of nitrogens with two attached hydrogens (primary N) is 1. The Hall–Kier alpha value is -1.24. The monoisotopic (exact) mass is 243 g/mol. The lowest BCUT2D eigenvalue weighted by atomic mass is 10.2. The van der Waals surface area contributed by atoms with Crippen molar-refractivity contribution in [1.82, 2.24) is 0 Å². The lowest BCUT2D eigenvalue weighted by Gasteiger charge is -2.08. The second kappa shape index (κ2) is 5.74. The first-order valence-electron chi connectivity index (χ1n) is 4.59. The summed E-state index contributed by atoms with van der Waals surface area (Å²) in [7, 11) is 0. The van der Waals surface area contributed by atoms with E-state index in [-0.39, 0.29) is 17.9 Å². The number of aliphatic hydroxyl groups is 2. The van der Waals surface area contributed by atoms with Crippen molar-refractivity contribution < 1.29 is 20.1 Å². The van der Waals surface area contributed by atoms with Crippen LogP contribution in [0.5, 0.6) is 0 Å². The van der Waals surface area contributed by atoms with Crippen LogP contribution in [-0.4, -0.2) is 39.8 Å². The Kier molecular flexibility index (Phi) is 4.60. The fourth-order valence-electron chi connectivity index (χ4n) is 1.06. The van der Waals surface area contributed by atoms with Gasteiger partial charge in [-0.25, -0.2) is 4.79 Å². The molecule has 16 heavy (non-hydrogen) atoms. The van der Waals surface area contributed by atoms with Gasteiger partial charge in [-0.2, -0.15) is 0 Å². The number of carbonyl (C=O) groups is 1. The van der Waals surface area contributed by atoms with Gasteiger partial charge in [-0.15, -0.1) is 11.8 Å². The minimum absolute atomic E-state index is 0.0449. The molecule has 0 heterocycles. The van der Waals surface area contributed by atoms with Crippen LogP contribution in [0.25, 0.3) is 0 Å². The molecular weight excluding hydrogens is 230 g/mol. The van der Waals surface area contributed by atoms with Crippen LogP contribution in [0.3, 0.4) is 0 Å². The molecule has 1 aromatic rings. The zero-order valence-corrected chi connectivity index (χ0v) is 9.28. The number of aromatic carboxylic acids is 1. The molecule has 5 N–H and O–H groups in total. The molecule has 0 radical (unpaired) electrons. The molecule has 0 aliphatic heterocycles. The Morgan fingerprint density at radius 3 is 2.75 bits per heavy atom. The summed E-state index contributed by atoms with van der Waals surface area (Å²) in [6.45, 7) is -0.312. The summed E-state index contributed by atoms with van der Waals surface area (Å²) in [6, 6.07) is 4.64. The highest BCUT2D eigenvalue weighted by molar-refractivity contribution is 7.99. The lowest BCUT2D eigenvalue weighted by molar-refractivity contribution is 0.0698. The molecule has 0 bridgehead atoms. The SMILES string of the molecule is Nc1ccc(SCC(O)CO)cc1C(=O)O. The topological polar surface area (TPSA) is 104 Å². The number of hydrogen-bond acceptors (Lipinski definition) is 5. The molecule has 0 aliphatic carbocycles. The highest BCUT2D eigenvalue weighted by atomic mass is 32.2. The highest BCUT2D eigenvalue weighted by Gasteiger charge is 2.10. The number of hydrogen-bond donors (Lipinski definition) is 4. The van der Waals surface area contributed by atoms with E-state index in [4.69, 9.17) is 21.1 Å². The summed E-state index contributed by atoms with van der Waals surface area (Å²) in [5, 5.41) is 26.6. The van der Waals surface area contributed by atoms with E-state index >= 15 is 0 Å². The molecule has 1 unspecified atom stereocenters. The van der Waals surface area contributed by atoms with Gasteiger partial charge in [-0.05, 0) is 18.2 Å². The summed E-state index contributed by atoms with van der Waals surface area (Å²) in [4.78, 5) is 11.5. The summed E-state index contributed by atoms with van der Waals surface area (Å²) in [5.74, 6) is -0.776. The highest BCUT2D eigenvalue weighted by Crippen LogP contribution is 2.23. The van der Waals surface area contributed by atoms with Crippen molar-refractivity contribution in [3.8, 4) is 0 Å². The van der Waals surface area contributed by atoms with Gasteiger partial charge in [0.1, 0.15) is 0 Å². The molecule has 0 amide bonds. The van der Waals surface area contributed by atoms with Crippen LogP contribution in [-0.2, 0) is 0 Å². The Balaban J connectivity index is 2.75. The minimum atomic E-state index is -1.08. The Labute approximate surface area is 96.9 Å².